The molecule has 1 aromatic carbocycles. The molecule has 0 saturated carbocycles. The number of hydrogen-bond acceptors (Lipinski definition) is 4. The first-order chi connectivity index (χ1) is 9.02. The lowest BCUT2D eigenvalue weighted by Gasteiger charge is -2.13. The third kappa shape index (κ3) is 5.75. The second kappa shape index (κ2) is 7.79. The first-order valence-corrected chi connectivity index (χ1v) is 6.68. The average molecular weight is 265 g/mol. The van der Waals surface area contributed by atoms with Gasteiger partial charge in [0.15, 0.2) is 6.61 Å². The molecular weight excluding hydrogens is 242 g/mol. The van der Waals surface area contributed by atoms with Crippen LogP contribution in [0, 0.1) is 0 Å². The summed E-state index contributed by atoms with van der Waals surface area (Å²) >= 11 is 0. The highest BCUT2D eigenvalue weighted by Crippen LogP contribution is 2.17. The highest BCUT2D eigenvalue weighted by atomic mass is 16.6. The molecule has 0 spiro atoms. The highest BCUT2D eigenvalue weighted by Gasteiger charge is 2.07. The number of hydrogen-bond donors (Lipinski definition) is 1. The first kappa shape index (κ1) is 15.5. The zero-order valence-electron chi connectivity index (χ0n) is 12.1. The summed E-state index contributed by atoms with van der Waals surface area (Å²) in [5, 5.41) is 3.34. The van der Waals surface area contributed by atoms with E-state index in [0.29, 0.717) is 11.8 Å². The molecule has 0 heterocycles. The molecule has 1 N–H and O–H groups in total. The number of esters is 1. The lowest BCUT2D eigenvalue weighted by Crippen LogP contribution is -2.19. The van der Waals surface area contributed by atoms with Crippen molar-refractivity contribution in [3.63, 3.8) is 0 Å². The van der Waals surface area contributed by atoms with Crippen LogP contribution in [0.1, 0.15) is 39.3 Å². The van der Waals surface area contributed by atoms with Crippen molar-refractivity contribution < 1.29 is 14.3 Å². The first-order valence-electron chi connectivity index (χ1n) is 6.68. The second-order valence-electron chi connectivity index (χ2n) is 4.68. The summed E-state index contributed by atoms with van der Waals surface area (Å²) in [5.41, 5.74) is 1.19. The summed E-state index contributed by atoms with van der Waals surface area (Å²) in [6.07, 6.45) is -0.112. The molecule has 0 radical (unpaired) electrons. The second-order valence-corrected chi connectivity index (χ2v) is 4.68. The predicted octanol–water partition coefficient (Wildman–Crippen LogP) is 2.69. The largest absolute Gasteiger partial charge is 0.482 e. The van der Waals surface area contributed by atoms with Crippen LogP contribution in [0.4, 0.5) is 0 Å². The minimum absolute atomic E-state index is 0.0553. The Bertz CT molecular complexity index is 387. The Hall–Kier alpha value is -1.55. The van der Waals surface area contributed by atoms with Crippen molar-refractivity contribution in [3.05, 3.63) is 29.8 Å². The highest BCUT2D eigenvalue weighted by molar-refractivity contribution is 5.71. The number of rotatable bonds is 7. The van der Waals surface area contributed by atoms with Gasteiger partial charge in [-0.25, -0.2) is 4.79 Å². The van der Waals surface area contributed by atoms with E-state index in [0.717, 1.165) is 6.54 Å². The maximum Gasteiger partial charge on any atom is 0.344 e. The fourth-order valence-electron chi connectivity index (χ4n) is 1.72. The van der Waals surface area contributed by atoms with E-state index in [1.54, 1.807) is 0 Å². The standard InChI is InChI=1S/C15H23NO3/c1-5-16-12(4)13-6-8-14(9-7-13)18-10-15(17)19-11(2)3/h6-9,11-12,16H,5,10H2,1-4H3. The van der Waals surface area contributed by atoms with Crippen LogP contribution in [0.15, 0.2) is 24.3 Å². The van der Waals surface area contributed by atoms with E-state index in [4.69, 9.17) is 9.47 Å². The van der Waals surface area contributed by atoms with Crippen molar-refractivity contribution in [2.45, 2.75) is 39.8 Å². The Kier molecular flexibility index (Phi) is 6.36. The van der Waals surface area contributed by atoms with Gasteiger partial charge in [0, 0.05) is 6.04 Å². The quantitative estimate of drug-likeness (QED) is 0.770. The molecular formula is C15H23NO3. The van der Waals surface area contributed by atoms with E-state index >= 15 is 0 Å². The van der Waals surface area contributed by atoms with E-state index in [2.05, 4.69) is 19.2 Å². The van der Waals surface area contributed by atoms with Gasteiger partial charge in [0.1, 0.15) is 5.75 Å². The molecule has 0 aliphatic rings. The lowest BCUT2D eigenvalue weighted by atomic mass is 10.1. The minimum Gasteiger partial charge on any atom is -0.482 e. The van der Waals surface area contributed by atoms with Gasteiger partial charge in [-0.3, -0.25) is 0 Å². The topological polar surface area (TPSA) is 47.6 Å². The zero-order valence-corrected chi connectivity index (χ0v) is 12.1. The SMILES string of the molecule is CCNC(C)c1ccc(OCC(=O)OC(C)C)cc1. The fourth-order valence-corrected chi connectivity index (χ4v) is 1.72. The Balaban J connectivity index is 2.46. The van der Waals surface area contributed by atoms with Crippen molar-refractivity contribution in [1.82, 2.24) is 5.32 Å². The molecule has 0 fully saturated rings. The van der Waals surface area contributed by atoms with Gasteiger partial charge in [0.25, 0.3) is 0 Å². The molecule has 4 heteroatoms. The van der Waals surface area contributed by atoms with Gasteiger partial charge in [0.05, 0.1) is 6.10 Å². The van der Waals surface area contributed by atoms with Crippen LogP contribution in [0.25, 0.3) is 0 Å². The number of nitrogens with one attached hydrogen (secondary N) is 1. The molecule has 1 atom stereocenters. The smallest absolute Gasteiger partial charge is 0.344 e. The van der Waals surface area contributed by atoms with Gasteiger partial charge in [-0.15, -0.1) is 0 Å². The Morgan fingerprint density at radius 1 is 1.21 bits per heavy atom. The van der Waals surface area contributed by atoms with E-state index in [9.17, 15) is 4.79 Å². The normalized spacial score (nSPS) is 12.3. The van der Waals surface area contributed by atoms with Gasteiger partial charge < -0.3 is 14.8 Å². The third-order valence-corrected chi connectivity index (χ3v) is 2.61. The summed E-state index contributed by atoms with van der Waals surface area (Å²) in [6, 6.07) is 8.04. The van der Waals surface area contributed by atoms with E-state index in [-0.39, 0.29) is 18.7 Å². The molecule has 19 heavy (non-hydrogen) atoms. The van der Waals surface area contributed by atoms with Gasteiger partial charge >= 0.3 is 5.97 Å². The summed E-state index contributed by atoms with van der Waals surface area (Å²) in [5.74, 6) is 0.327. The van der Waals surface area contributed by atoms with Gasteiger partial charge in [-0.05, 0) is 45.0 Å². The monoisotopic (exact) mass is 265 g/mol. The molecule has 106 valence electrons. The van der Waals surface area contributed by atoms with Crippen LogP contribution in [0.2, 0.25) is 0 Å². The summed E-state index contributed by atoms with van der Waals surface area (Å²) in [6.45, 7) is 8.69. The molecule has 0 amide bonds. The van der Waals surface area contributed by atoms with Gasteiger partial charge in [0.2, 0.25) is 0 Å². The molecule has 0 aliphatic heterocycles. The predicted molar refractivity (Wildman–Crippen MR) is 75.3 cm³/mol. The van der Waals surface area contributed by atoms with Crippen molar-refractivity contribution in [1.29, 1.82) is 0 Å². The molecule has 0 bridgehead atoms. The van der Waals surface area contributed by atoms with Crippen molar-refractivity contribution in [2.75, 3.05) is 13.2 Å². The van der Waals surface area contributed by atoms with Crippen LogP contribution >= 0.6 is 0 Å². The zero-order chi connectivity index (χ0) is 14.3. The maximum absolute atomic E-state index is 11.3. The van der Waals surface area contributed by atoms with E-state index in [1.807, 2.05) is 38.1 Å². The van der Waals surface area contributed by atoms with Crippen LogP contribution in [-0.4, -0.2) is 25.2 Å². The summed E-state index contributed by atoms with van der Waals surface area (Å²) in [4.78, 5) is 11.3. The summed E-state index contributed by atoms with van der Waals surface area (Å²) in [7, 11) is 0. The molecule has 0 saturated heterocycles. The fraction of sp³-hybridized carbons (Fsp3) is 0.533. The molecule has 4 nitrogen and oxygen atoms in total. The van der Waals surface area contributed by atoms with Gasteiger partial charge in [-0.1, -0.05) is 19.1 Å². The average Bonchev–Trinajstić information content (AvgIpc) is 2.36. The molecule has 1 unspecified atom stereocenters. The van der Waals surface area contributed by atoms with E-state index in [1.165, 1.54) is 5.56 Å². The van der Waals surface area contributed by atoms with Crippen LogP contribution < -0.4 is 10.1 Å². The number of carbonyl (C=O) groups is 1. The summed E-state index contributed by atoms with van der Waals surface area (Å²) < 4.78 is 10.4. The Labute approximate surface area is 115 Å². The lowest BCUT2D eigenvalue weighted by molar-refractivity contribution is -0.149. The van der Waals surface area contributed by atoms with Crippen LogP contribution in [0.3, 0.4) is 0 Å². The Morgan fingerprint density at radius 2 is 1.84 bits per heavy atom. The van der Waals surface area contributed by atoms with Crippen LogP contribution in [-0.2, 0) is 9.53 Å². The minimum atomic E-state index is -0.347. The molecule has 1 rings (SSSR count). The number of benzene rings is 1. The van der Waals surface area contributed by atoms with Crippen molar-refractivity contribution >= 4 is 5.97 Å². The van der Waals surface area contributed by atoms with Crippen molar-refractivity contribution in [2.24, 2.45) is 0 Å². The van der Waals surface area contributed by atoms with Crippen LogP contribution in [0.5, 0.6) is 5.75 Å². The molecule has 0 aliphatic carbocycles. The maximum atomic E-state index is 11.3. The van der Waals surface area contributed by atoms with Gasteiger partial charge in [-0.2, -0.15) is 0 Å². The Morgan fingerprint density at radius 3 is 2.37 bits per heavy atom. The number of carbonyl (C=O) groups excluding carboxylic acids is 1. The third-order valence-electron chi connectivity index (χ3n) is 2.61. The van der Waals surface area contributed by atoms with E-state index < -0.39 is 0 Å². The molecule has 1 aromatic rings. The van der Waals surface area contributed by atoms with Crippen molar-refractivity contribution in [3.8, 4) is 5.75 Å². The molecule has 0 aromatic heterocycles. The number of ether oxygens (including phenoxy) is 2.